The molecule has 0 saturated heterocycles. The van der Waals surface area contributed by atoms with Gasteiger partial charge in [0.2, 0.25) is 5.66 Å². The van der Waals surface area contributed by atoms with Gasteiger partial charge in [-0.1, -0.05) is 20.5 Å². The third kappa shape index (κ3) is 4.00. The summed E-state index contributed by atoms with van der Waals surface area (Å²) in [7, 11) is 0. The number of carbonyl (C=O) groups is 3. The number of carbonyl (C=O) groups excluding carboxylic acids is 3. The van der Waals surface area contributed by atoms with Gasteiger partial charge >= 0.3 is 17.8 Å². The van der Waals surface area contributed by atoms with Crippen molar-refractivity contribution in [2.75, 3.05) is 0 Å². The van der Waals surface area contributed by atoms with Gasteiger partial charge in [-0.2, -0.15) is 0 Å². The summed E-state index contributed by atoms with van der Waals surface area (Å²) < 4.78 is 10.9. The van der Waals surface area contributed by atoms with Gasteiger partial charge in [-0.3, -0.25) is 4.79 Å². The minimum absolute atomic E-state index is 1.30. The van der Waals surface area contributed by atoms with Crippen LogP contribution in [-0.4, -0.2) is 29.4 Å². The molecule has 4 aliphatic heterocycles. The monoisotopic (exact) mass is 592 g/mol. The average Bonchev–Trinajstić information content (AvgIpc) is 3.24. The molecule has 0 saturated carbocycles. The van der Waals surface area contributed by atoms with Crippen molar-refractivity contribution in [2.45, 2.75) is 17.2 Å². The van der Waals surface area contributed by atoms with Crippen LogP contribution in [0.1, 0.15) is 36.6 Å². The van der Waals surface area contributed by atoms with Gasteiger partial charge in [0.1, 0.15) is 27.4 Å². The highest BCUT2D eigenvalue weighted by Gasteiger charge is 2.76. The van der Waals surface area contributed by atoms with E-state index in [0.29, 0.717) is 0 Å². The van der Waals surface area contributed by atoms with Gasteiger partial charge in [0.25, 0.3) is 5.91 Å². The van der Waals surface area contributed by atoms with Crippen molar-refractivity contribution in [3.05, 3.63) is 106 Å². The predicted molar refractivity (Wildman–Crippen MR) is 123 cm³/mol. The number of amides is 1. The highest BCUT2D eigenvalue weighted by Crippen LogP contribution is 2.64. The first kappa shape index (κ1) is 29.5. The van der Waals surface area contributed by atoms with Crippen LogP contribution in [-0.2, 0) is 15.3 Å². The lowest BCUT2D eigenvalue weighted by molar-refractivity contribution is -0.187. The van der Waals surface area contributed by atoms with Crippen molar-refractivity contribution in [1.82, 2.24) is 0 Å². The quantitative estimate of drug-likeness (QED) is 0.140. The molecule has 31 heteroatoms. The highest BCUT2D eigenvalue weighted by molar-refractivity contribution is 6.13. The van der Waals surface area contributed by atoms with Crippen molar-refractivity contribution >= 4 is 17.8 Å². The van der Waals surface area contributed by atoms with Crippen LogP contribution in [0.5, 0.6) is 11.5 Å². The maximum atomic E-state index is 13.2. The molecule has 4 heterocycles. The van der Waals surface area contributed by atoms with Crippen LogP contribution in [0.4, 0.5) is 0 Å². The molecule has 4 aliphatic rings. The van der Waals surface area contributed by atoms with E-state index in [1.807, 2.05) is 0 Å². The van der Waals surface area contributed by atoms with Gasteiger partial charge in [-0.15, -0.1) is 0 Å². The SMILES string of the molecule is [N-]=[N+]=NOC(=O)c1c2c(C(=O)ON=[N+]=[N-])c3c(c1C(=O)N=[N+]=[N-])OC(N=[N+]=[N-])(O2)C(N=[N+]=[N-])(N=[N+]=[N-])C3(N=[N+]=[N-])N=[N+]=[N-]. The molecule has 4 bridgehead atoms. The second-order valence-electron chi connectivity index (χ2n) is 6.83. The molecule has 0 radical (unpaired) electrons. The van der Waals surface area contributed by atoms with Crippen LogP contribution in [0, 0.1) is 0 Å². The lowest BCUT2D eigenvalue weighted by atomic mass is 9.78. The Morgan fingerprint density at radius 3 is 1.53 bits per heavy atom. The molecule has 1 amide bonds. The number of rotatable bonds is 10. The molecule has 1 atom stereocenters. The second-order valence-corrected chi connectivity index (χ2v) is 6.83. The maximum Gasteiger partial charge on any atom is 0.354 e. The van der Waals surface area contributed by atoms with E-state index in [1.54, 1.807) is 0 Å². The minimum Gasteiger partial charge on any atom is -0.445 e. The second kappa shape index (κ2) is 11.3. The van der Waals surface area contributed by atoms with E-state index in [-0.39, 0.29) is 0 Å². The first-order valence-corrected chi connectivity index (χ1v) is 9.74. The van der Waals surface area contributed by atoms with E-state index in [4.69, 9.17) is 26.1 Å². The van der Waals surface area contributed by atoms with Crippen molar-refractivity contribution in [2.24, 2.45) is 41.2 Å². The fourth-order valence-electron chi connectivity index (χ4n) is 3.93. The molecule has 43 heavy (non-hydrogen) atoms. The van der Waals surface area contributed by atoms with Gasteiger partial charge in [0.05, 0.1) is 5.56 Å². The fraction of sp³-hybridized carbons (Fsp3) is 0.250. The number of ether oxygens (including phenoxy) is 2. The Balaban J connectivity index is 2.95. The van der Waals surface area contributed by atoms with Crippen LogP contribution in [0.25, 0.3) is 83.5 Å². The van der Waals surface area contributed by atoms with Crippen molar-refractivity contribution < 1.29 is 33.5 Å². The Kier molecular flexibility index (Phi) is 7.77. The smallest absolute Gasteiger partial charge is 0.354 e. The molecule has 0 aromatic heterocycles. The minimum atomic E-state index is -3.67. The van der Waals surface area contributed by atoms with E-state index in [2.05, 4.69) is 90.2 Å². The molecular formula is C12N24O7. The van der Waals surface area contributed by atoms with Crippen LogP contribution in [0.3, 0.4) is 0 Å². The topological polar surface area (TPSA) is 478 Å². The average molecular weight is 592 g/mol. The summed E-state index contributed by atoms with van der Waals surface area (Å²) in [4.78, 5) is 66.4. The van der Waals surface area contributed by atoms with E-state index in [0.717, 1.165) is 0 Å². The Labute approximate surface area is 228 Å². The summed E-state index contributed by atoms with van der Waals surface area (Å²) in [5.74, 6) is -12.1. The molecule has 1 aromatic rings. The molecule has 1 unspecified atom stereocenters. The molecule has 0 spiro atoms. The maximum absolute atomic E-state index is 13.2. The number of fused-ring (bicyclic) bond motifs is 2. The third-order valence-corrected chi connectivity index (χ3v) is 5.18. The summed E-state index contributed by atoms with van der Waals surface area (Å²) in [6.45, 7) is 0. The number of hydrogen-bond acceptors (Lipinski definition) is 14. The third-order valence-electron chi connectivity index (χ3n) is 5.18. The molecule has 0 aliphatic carbocycles. The summed E-state index contributed by atoms with van der Waals surface area (Å²) in [6, 6.07) is 0. The Hall–Kier alpha value is -8.09. The standard InChI is InChI=1S/C12N24O7/c13-27-21-7(37)1-2(8(38)42-35-33-19)5-3(9(39)43-36-34-20)4-6(1)41-12(40-5,26-32-18)11(24-30-16,25-31-17)10(4,22-28-14)23-29-15. The van der Waals surface area contributed by atoms with Gasteiger partial charge in [-0.25, -0.2) is 9.59 Å². The molecule has 5 rings (SSSR count). The first-order valence-electron chi connectivity index (χ1n) is 9.74. The molecule has 31 nitrogen and oxygen atoms in total. The number of azide groups is 6. The van der Waals surface area contributed by atoms with Crippen molar-refractivity contribution in [3.8, 4) is 11.5 Å². The Bertz CT molecular complexity index is 1860. The summed E-state index contributed by atoms with van der Waals surface area (Å²) >= 11 is 0. The molecule has 210 valence electrons. The van der Waals surface area contributed by atoms with Crippen LogP contribution in [0.15, 0.2) is 41.2 Å². The molecule has 0 fully saturated rings. The predicted octanol–water partition coefficient (Wildman–Crippen LogP) is 5.74. The van der Waals surface area contributed by atoms with Gasteiger partial charge in [-0.05, 0) is 54.5 Å². The molecular weight excluding hydrogens is 592 g/mol. The van der Waals surface area contributed by atoms with E-state index < -0.39 is 68.8 Å². The zero-order valence-electron chi connectivity index (χ0n) is 19.6. The van der Waals surface area contributed by atoms with Crippen LogP contribution in [0.2, 0.25) is 0 Å². The number of hydrogen-bond donors (Lipinski definition) is 0. The normalized spacial score (nSPS) is 21.0. The fourth-order valence-corrected chi connectivity index (χ4v) is 3.93. The van der Waals surface area contributed by atoms with Crippen molar-refractivity contribution in [1.29, 1.82) is 0 Å². The number of benzene rings is 1. The van der Waals surface area contributed by atoms with Crippen LogP contribution < -0.4 is 9.47 Å². The first-order chi connectivity index (χ1) is 20.7. The summed E-state index contributed by atoms with van der Waals surface area (Å²) in [5.41, 5.74) is 60.7. The lowest BCUT2D eigenvalue weighted by Gasteiger charge is -2.49. The summed E-state index contributed by atoms with van der Waals surface area (Å²) in [5, 5.41) is 23.7. The zero-order valence-corrected chi connectivity index (χ0v) is 19.6. The Morgan fingerprint density at radius 1 is 0.581 bits per heavy atom. The Morgan fingerprint density at radius 2 is 1.07 bits per heavy atom. The van der Waals surface area contributed by atoms with Crippen LogP contribution >= 0.6 is 0 Å². The summed E-state index contributed by atoms with van der Waals surface area (Å²) in [6.07, 6.45) is 0. The molecule has 1 aromatic carbocycles. The largest absolute Gasteiger partial charge is 0.445 e. The van der Waals surface area contributed by atoms with Gasteiger partial charge in [0, 0.05) is 44.9 Å². The lowest BCUT2D eigenvalue weighted by Crippen LogP contribution is -2.68. The van der Waals surface area contributed by atoms with Crippen molar-refractivity contribution in [3.63, 3.8) is 0 Å². The molecule has 0 N–H and O–H groups in total. The highest BCUT2D eigenvalue weighted by atomic mass is 16.7. The van der Waals surface area contributed by atoms with Gasteiger partial charge < -0.3 is 19.1 Å². The van der Waals surface area contributed by atoms with E-state index in [9.17, 15) is 42.0 Å². The van der Waals surface area contributed by atoms with E-state index >= 15 is 0 Å². The number of nitrogens with zero attached hydrogens (tertiary/aromatic N) is 24. The van der Waals surface area contributed by atoms with Gasteiger partial charge in [0.15, 0.2) is 11.4 Å². The zero-order chi connectivity index (χ0) is 31.8. The van der Waals surface area contributed by atoms with E-state index in [1.165, 1.54) is 0 Å².